The predicted molar refractivity (Wildman–Crippen MR) is 115 cm³/mol. The highest BCUT2D eigenvalue weighted by atomic mass is 35.5. The lowest BCUT2D eigenvalue weighted by molar-refractivity contribution is -0.384. The number of nitrogens with zero attached hydrogens (tertiary/aromatic N) is 3. The summed E-state index contributed by atoms with van der Waals surface area (Å²) in [5, 5.41) is 16.1. The lowest BCUT2D eigenvalue weighted by Gasteiger charge is -2.10. The molecule has 0 aliphatic heterocycles. The van der Waals surface area contributed by atoms with Gasteiger partial charge in [0.25, 0.3) is 15.7 Å². The molecule has 1 heterocycles. The summed E-state index contributed by atoms with van der Waals surface area (Å²) in [4.78, 5) is 14.5. The molecule has 0 amide bonds. The van der Waals surface area contributed by atoms with Gasteiger partial charge >= 0.3 is 0 Å². The summed E-state index contributed by atoms with van der Waals surface area (Å²) >= 11 is 5.79. The number of anilines is 2. The third kappa shape index (κ3) is 5.10. The van der Waals surface area contributed by atoms with Crippen molar-refractivity contribution in [1.29, 1.82) is 0 Å². The van der Waals surface area contributed by atoms with Gasteiger partial charge in [0.05, 0.1) is 15.5 Å². The van der Waals surface area contributed by atoms with Crippen molar-refractivity contribution in [3.05, 3.63) is 87.7 Å². The fraction of sp³-hybridized carbons (Fsp3) is 0.0526. The van der Waals surface area contributed by atoms with Crippen molar-refractivity contribution in [2.75, 3.05) is 10.1 Å². The van der Waals surface area contributed by atoms with Crippen molar-refractivity contribution in [3.8, 4) is 0 Å². The first-order valence-electron chi connectivity index (χ1n) is 8.54. The number of benzene rings is 2. The van der Waals surface area contributed by atoms with Crippen molar-refractivity contribution in [2.24, 2.45) is 5.10 Å². The first-order valence-corrected chi connectivity index (χ1v) is 10.4. The van der Waals surface area contributed by atoms with Gasteiger partial charge < -0.3 is 0 Å². The van der Waals surface area contributed by atoms with Gasteiger partial charge in [0.1, 0.15) is 5.69 Å². The van der Waals surface area contributed by atoms with E-state index in [2.05, 4.69) is 20.2 Å². The van der Waals surface area contributed by atoms with Crippen LogP contribution in [0.1, 0.15) is 12.5 Å². The average Bonchev–Trinajstić information content (AvgIpc) is 2.74. The smallest absolute Gasteiger partial charge is 0.280 e. The molecule has 2 aromatic carbocycles. The van der Waals surface area contributed by atoms with Crippen LogP contribution in [-0.2, 0) is 10.0 Å². The van der Waals surface area contributed by atoms with Crippen LogP contribution in [0.25, 0.3) is 0 Å². The molecule has 1 aromatic heterocycles. The Balaban J connectivity index is 1.87. The van der Waals surface area contributed by atoms with Crippen LogP contribution in [0.5, 0.6) is 0 Å². The summed E-state index contributed by atoms with van der Waals surface area (Å²) < 4.78 is 27.6. The minimum Gasteiger partial charge on any atom is -0.280 e. The van der Waals surface area contributed by atoms with E-state index in [1.807, 2.05) is 0 Å². The Kier molecular flexibility index (Phi) is 6.28. The van der Waals surface area contributed by atoms with Crippen LogP contribution in [0.2, 0.25) is 5.02 Å². The number of hydrogen-bond acceptors (Lipinski definition) is 7. The lowest BCUT2D eigenvalue weighted by atomic mass is 10.2. The highest BCUT2D eigenvalue weighted by Crippen LogP contribution is 2.29. The quantitative estimate of drug-likeness (QED) is 0.317. The van der Waals surface area contributed by atoms with E-state index in [1.54, 1.807) is 31.5 Å². The first kappa shape index (κ1) is 21.2. The van der Waals surface area contributed by atoms with Crippen LogP contribution >= 0.6 is 11.6 Å². The molecule has 2 N–H and O–H groups in total. The molecule has 0 fully saturated rings. The van der Waals surface area contributed by atoms with Crippen molar-refractivity contribution >= 4 is 44.4 Å². The Morgan fingerprint density at radius 3 is 2.53 bits per heavy atom. The van der Waals surface area contributed by atoms with Crippen LogP contribution in [0.3, 0.4) is 0 Å². The molecule has 0 saturated heterocycles. The number of aromatic nitrogens is 1. The molecule has 0 radical (unpaired) electrons. The van der Waals surface area contributed by atoms with Crippen molar-refractivity contribution in [2.45, 2.75) is 11.8 Å². The molecular weight excluding hydrogens is 430 g/mol. The summed E-state index contributed by atoms with van der Waals surface area (Å²) in [5.41, 5.74) is 3.80. The van der Waals surface area contributed by atoms with Crippen molar-refractivity contribution < 1.29 is 13.3 Å². The maximum atomic E-state index is 12.6. The Morgan fingerprint density at radius 2 is 1.90 bits per heavy atom. The molecule has 0 aliphatic rings. The number of nitrogens with one attached hydrogen (secondary N) is 2. The fourth-order valence-corrected chi connectivity index (χ4v) is 3.65. The molecule has 0 spiro atoms. The Bertz CT molecular complexity index is 1200. The lowest BCUT2D eigenvalue weighted by Crippen LogP contribution is -2.13. The maximum Gasteiger partial charge on any atom is 0.295 e. The molecule has 0 unspecified atom stereocenters. The third-order valence-corrected chi connectivity index (χ3v) is 5.63. The van der Waals surface area contributed by atoms with Crippen LogP contribution < -0.4 is 10.1 Å². The second-order valence-corrected chi connectivity index (χ2v) is 8.22. The van der Waals surface area contributed by atoms with Crippen molar-refractivity contribution in [3.63, 3.8) is 0 Å². The summed E-state index contributed by atoms with van der Waals surface area (Å²) in [6.07, 6.45) is 3.22. The van der Waals surface area contributed by atoms with Gasteiger partial charge in [-0.1, -0.05) is 17.7 Å². The number of pyridine rings is 1. The van der Waals surface area contributed by atoms with Gasteiger partial charge in [-0.2, -0.15) is 5.10 Å². The first-order chi connectivity index (χ1) is 14.3. The Labute approximate surface area is 177 Å². The van der Waals surface area contributed by atoms with Gasteiger partial charge in [-0.3, -0.25) is 25.2 Å². The zero-order valence-corrected chi connectivity index (χ0v) is 17.2. The number of nitro groups is 1. The van der Waals surface area contributed by atoms with Gasteiger partial charge in [-0.25, -0.2) is 8.42 Å². The van der Waals surface area contributed by atoms with E-state index in [-0.39, 0.29) is 16.3 Å². The summed E-state index contributed by atoms with van der Waals surface area (Å²) in [5.74, 6) is 0. The molecule has 11 heteroatoms. The minimum absolute atomic E-state index is 0.0497. The molecular formula is C19H16ClN5O4S. The molecule has 0 saturated carbocycles. The minimum atomic E-state index is -4.04. The van der Waals surface area contributed by atoms with Gasteiger partial charge in [-0.05, 0) is 49.4 Å². The number of halogens is 1. The second kappa shape index (κ2) is 8.89. The van der Waals surface area contributed by atoms with E-state index in [0.29, 0.717) is 10.7 Å². The number of hydrogen-bond donors (Lipinski definition) is 2. The summed E-state index contributed by atoms with van der Waals surface area (Å²) in [6.45, 7) is 1.71. The van der Waals surface area contributed by atoms with Gasteiger partial charge in [-0.15, -0.1) is 0 Å². The van der Waals surface area contributed by atoms with E-state index in [1.165, 1.54) is 36.4 Å². The van der Waals surface area contributed by atoms with Crippen LogP contribution in [0.4, 0.5) is 17.1 Å². The highest BCUT2D eigenvalue weighted by Gasteiger charge is 2.21. The van der Waals surface area contributed by atoms with Crippen LogP contribution in [0, 0.1) is 10.1 Å². The normalized spacial score (nSPS) is 11.7. The number of rotatable bonds is 7. The molecule has 30 heavy (non-hydrogen) atoms. The molecule has 9 nitrogen and oxygen atoms in total. The molecule has 0 aliphatic carbocycles. The molecule has 154 valence electrons. The maximum absolute atomic E-state index is 12.6. The Morgan fingerprint density at radius 1 is 1.17 bits per heavy atom. The Hall–Kier alpha value is -3.50. The fourth-order valence-electron chi connectivity index (χ4n) is 2.44. The monoisotopic (exact) mass is 445 g/mol. The van der Waals surface area contributed by atoms with E-state index >= 15 is 0 Å². The van der Waals surface area contributed by atoms with E-state index in [9.17, 15) is 18.5 Å². The summed E-state index contributed by atoms with van der Waals surface area (Å²) in [6, 6.07) is 13.1. The average molecular weight is 446 g/mol. The van der Waals surface area contributed by atoms with Gasteiger partial charge in [0.15, 0.2) is 0 Å². The zero-order valence-electron chi connectivity index (χ0n) is 15.6. The molecule has 0 atom stereocenters. The number of hydrazone groups is 1. The van der Waals surface area contributed by atoms with E-state index < -0.39 is 20.6 Å². The van der Waals surface area contributed by atoms with Crippen LogP contribution in [0.15, 0.2) is 77.0 Å². The molecule has 3 aromatic rings. The topological polar surface area (TPSA) is 127 Å². The SMILES string of the molecule is CC(=NNc1ccc(S(=O)(=O)Nc2ccc(Cl)cc2)cc1[N+](=O)[O-])c1cccnc1. The standard InChI is InChI=1S/C19H16ClN5O4S/c1-13(14-3-2-10-21-12-14)22-23-18-9-8-17(11-19(18)25(26)27)30(28,29)24-16-6-4-15(20)5-7-16/h2-12,23-24H,1H3. The van der Waals surface area contributed by atoms with Crippen LogP contribution in [-0.4, -0.2) is 24.0 Å². The van der Waals surface area contributed by atoms with Gasteiger partial charge in [0, 0.05) is 34.7 Å². The highest BCUT2D eigenvalue weighted by molar-refractivity contribution is 7.92. The third-order valence-electron chi connectivity index (χ3n) is 4.00. The predicted octanol–water partition coefficient (Wildman–Crippen LogP) is 4.28. The zero-order chi connectivity index (χ0) is 21.7. The summed E-state index contributed by atoms with van der Waals surface area (Å²) in [7, 11) is -4.04. The van der Waals surface area contributed by atoms with E-state index in [4.69, 9.17) is 11.6 Å². The van der Waals surface area contributed by atoms with E-state index in [0.717, 1.165) is 11.6 Å². The number of sulfonamides is 1. The molecule has 0 bridgehead atoms. The van der Waals surface area contributed by atoms with Gasteiger partial charge in [0.2, 0.25) is 0 Å². The largest absolute Gasteiger partial charge is 0.295 e. The number of nitro benzene ring substituents is 1. The second-order valence-electron chi connectivity index (χ2n) is 6.10. The van der Waals surface area contributed by atoms with Crippen molar-refractivity contribution in [1.82, 2.24) is 4.98 Å². The molecule has 3 rings (SSSR count).